The van der Waals surface area contributed by atoms with E-state index in [1.165, 1.54) is 18.9 Å². The second-order valence-corrected chi connectivity index (χ2v) is 7.61. The van der Waals surface area contributed by atoms with Crippen LogP contribution in [0.15, 0.2) is 47.6 Å². The van der Waals surface area contributed by atoms with Crippen molar-refractivity contribution in [2.75, 3.05) is 20.8 Å². The van der Waals surface area contributed by atoms with Gasteiger partial charge in [0.25, 0.3) is 0 Å². The molecule has 0 saturated heterocycles. The summed E-state index contributed by atoms with van der Waals surface area (Å²) < 4.78 is 12.5. The van der Waals surface area contributed by atoms with E-state index in [0.29, 0.717) is 22.5 Å². The van der Waals surface area contributed by atoms with Crippen molar-refractivity contribution in [2.45, 2.75) is 24.3 Å². The molecule has 0 saturated carbocycles. The summed E-state index contributed by atoms with van der Waals surface area (Å²) in [5.41, 5.74) is 2.80. The molecule has 2 aromatic carbocycles. The molecule has 0 N–H and O–H groups in total. The minimum atomic E-state index is -0.474. The third-order valence-electron chi connectivity index (χ3n) is 4.43. The third kappa shape index (κ3) is 4.68. The van der Waals surface area contributed by atoms with Crippen LogP contribution in [-0.2, 0) is 0 Å². The highest BCUT2D eigenvalue weighted by Gasteiger charge is 2.25. The molecule has 1 atom stereocenters. The quantitative estimate of drug-likeness (QED) is 0.312. The van der Waals surface area contributed by atoms with Crippen molar-refractivity contribution in [1.29, 1.82) is 0 Å². The van der Waals surface area contributed by atoms with Crippen molar-refractivity contribution in [3.8, 4) is 17.2 Å². The predicted molar refractivity (Wildman–Crippen MR) is 111 cm³/mol. The fourth-order valence-corrected chi connectivity index (χ4v) is 4.10. The molecule has 3 aromatic rings. The molecule has 0 aliphatic carbocycles. The first kappa shape index (κ1) is 20.7. The molecule has 8 nitrogen and oxygen atoms in total. The minimum Gasteiger partial charge on any atom is -0.493 e. The van der Waals surface area contributed by atoms with E-state index in [0.717, 1.165) is 16.8 Å². The van der Waals surface area contributed by atoms with E-state index in [1.54, 1.807) is 19.2 Å². The van der Waals surface area contributed by atoms with Crippen molar-refractivity contribution in [1.82, 2.24) is 14.8 Å². The van der Waals surface area contributed by atoms with Crippen molar-refractivity contribution in [3.05, 3.63) is 69.5 Å². The number of methoxy groups -OCH3 is 2. The van der Waals surface area contributed by atoms with Gasteiger partial charge in [-0.3, -0.25) is 14.7 Å². The van der Waals surface area contributed by atoms with Gasteiger partial charge in [-0.05, 0) is 43.7 Å². The van der Waals surface area contributed by atoms with Crippen LogP contribution in [0, 0.1) is 24.0 Å². The molecular formula is C20H22N4O4S. The van der Waals surface area contributed by atoms with Gasteiger partial charge in [-0.25, -0.2) is 0 Å². The summed E-state index contributed by atoms with van der Waals surface area (Å²) in [6.07, 6.45) is 0. The Balaban J connectivity index is 1.98. The average molecular weight is 414 g/mol. The lowest BCUT2D eigenvalue weighted by Gasteiger charge is -2.16. The Labute approximate surface area is 173 Å². The molecule has 0 radical (unpaired) electrons. The van der Waals surface area contributed by atoms with Crippen LogP contribution in [0.4, 0.5) is 0 Å². The summed E-state index contributed by atoms with van der Waals surface area (Å²) >= 11 is 1.30. The van der Waals surface area contributed by atoms with Crippen LogP contribution in [0.25, 0.3) is 5.69 Å². The summed E-state index contributed by atoms with van der Waals surface area (Å²) in [5, 5.41) is 19.9. The summed E-state index contributed by atoms with van der Waals surface area (Å²) in [4.78, 5) is 11.0. The number of thioether (sulfide) groups is 1. The van der Waals surface area contributed by atoms with Gasteiger partial charge in [0.05, 0.1) is 14.2 Å². The molecule has 0 spiro atoms. The van der Waals surface area contributed by atoms with Gasteiger partial charge in [0.2, 0.25) is 6.54 Å². The van der Waals surface area contributed by atoms with Crippen LogP contribution in [-0.4, -0.2) is 40.5 Å². The number of rotatable bonds is 8. The first-order valence-corrected chi connectivity index (χ1v) is 9.80. The van der Waals surface area contributed by atoms with Crippen LogP contribution in [0.5, 0.6) is 11.5 Å². The zero-order valence-electron chi connectivity index (χ0n) is 16.7. The highest BCUT2D eigenvalue weighted by molar-refractivity contribution is 7.99. The largest absolute Gasteiger partial charge is 0.493 e. The van der Waals surface area contributed by atoms with Crippen LogP contribution < -0.4 is 9.47 Å². The molecule has 0 fully saturated rings. The second-order valence-electron chi connectivity index (χ2n) is 6.44. The fraction of sp³-hybridized carbons (Fsp3) is 0.300. The van der Waals surface area contributed by atoms with Crippen molar-refractivity contribution < 1.29 is 14.4 Å². The maximum atomic E-state index is 11.3. The maximum Gasteiger partial charge on any atom is 0.220 e. The summed E-state index contributed by atoms with van der Waals surface area (Å²) in [7, 11) is 3.09. The van der Waals surface area contributed by atoms with Gasteiger partial charge in [-0.15, -0.1) is 10.2 Å². The van der Waals surface area contributed by atoms with Gasteiger partial charge < -0.3 is 9.47 Å². The van der Waals surface area contributed by atoms with Crippen LogP contribution in [0.1, 0.15) is 22.2 Å². The molecule has 0 amide bonds. The Kier molecular flexibility index (Phi) is 6.38. The van der Waals surface area contributed by atoms with Crippen LogP contribution >= 0.6 is 11.8 Å². The first-order valence-electron chi connectivity index (χ1n) is 8.92. The third-order valence-corrected chi connectivity index (χ3v) is 5.61. The summed E-state index contributed by atoms with van der Waals surface area (Å²) in [5.74, 6) is 1.80. The average Bonchev–Trinajstić information content (AvgIpc) is 3.07. The van der Waals surface area contributed by atoms with E-state index < -0.39 is 5.25 Å². The van der Waals surface area contributed by atoms with Crippen molar-refractivity contribution in [3.63, 3.8) is 0 Å². The first-order chi connectivity index (χ1) is 13.9. The Bertz CT molecular complexity index is 1000. The van der Waals surface area contributed by atoms with E-state index in [4.69, 9.17) is 9.47 Å². The Morgan fingerprint density at radius 3 is 2.38 bits per heavy atom. The molecule has 1 aromatic heterocycles. The summed E-state index contributed by atoms with van der Waals surface area (Å²) in [6.45, 7) is 3.61. The lowest BCUT2D eigenvalue weighted by Crippen LogP contribution is -2.11. The molecule has 0 aliphatic heterocycles. The molecule has 1 heterocycles. The predicted octanol–water partition coefficient (Wildman–Crippen LogP) is 4.01. The maximum absolute atomic E-state index is 11.3. The van der Waals surface area contributed by atoms with Gasteiger partial charge in [-0.1, -0.05) is 35.5 Å². The van der Waals surface area contributed by atoms with E-state index in [9.17, 15) is 10.1 Å². The van der Waals surface area contributed by atoms with Gasteiger partial charge in [0, 0.05) is 10.6 Å². The molecule has 0 unspecified atom stereocenters. The lowest BCUT2D eigenvalue weighted by atomic mass is 10.1. The minimum absolute atomic E-state index is 0.264. The highest BCUT2D eigenvalue weighted by Crippen LogP contribution is 2.39. The van der Waals surface area contributed by atoms with Gasteiger partial charge in [0.1, 0.15) is 11.1 Å². The number of nitro groups is 1. The van der Waals surface area contributed by atoms with Crippen LogP contribution in [0.3, 0.4) is 0 Å². The molecule has 3 rings (SSSR count). The Hall–Kier alpha value is -3.07. The molecule has 29 heavy (non-hydrogen) atoms. The number of nitrogens with zero attached hydrogens (tertiary/aromatic N) is 4. The van der Waals surface area contributed by atoms with Gasteiger partial charge in [0.15, 0.2) is 16.7 Å². The molecule has 152 valence electrons. The number of aromatic nitrogens is 3. The molecule has 0 aliphatic rings. The standard InChI is InChI=1S/C20H22N4O4S/c1-13-5-8-16(9-6-13)24-14(2)21-22-20(24)29-19(12-23(25)26)15-7-10-17(27-3)18(11-15)28-4/h5-11,19H,12H2,1-4H3/t19-/m1/s1. The fourth-order valence-electron chi connectivity index (χ4n) is 2.94. The zero-order valence-corrected chi connectivity index (χ0v) is 17.5. The number of benzene rings is 2. The van der Waals surface area contributed by atoms with E-state index in [1.807, 2.05) is 48.7 Å². The normalized spacial score (nSPS) is 11.9. The highest BCUT2D eigenvalue weighted by atomic mass is 32.2. The van der Waals surface area contributed by atoms with E-state index in [-0.39, 0.29) is 11.5 Å². The van der Waals surface area contributed by atoms with Crippen molar-refractivity contribution in [2.24, 2.45) is 0 Å². The Morgan fingerprint density at radius 2 is 1.76 bits per heavy atom. The second kappa shape index (κ2) is 8.95. The number of hydrogen-bond acceptors (Lipinski definition) is 7. The lowest BCUT2D eigenvalue weighted by molar-refractivity contribution is -0.479. The van der Waals surface area contributed by atoms with E-state index >= 15 is 0 Å². The van der Waals surface area contributed by atoms with Gasteiger partial charge in [-0.2, -0.15) is 0 Å². The molecule has 0 bridgehead atoms. The molecular weight excluding hydrogens is 392 g/mol. The Morgan fingerprint density at radius 1 is 1.07 bits per heavy atom. The van der Waals surface area contributed by atoms with E-state index in [2.05, 4.69) is 10.2 Å². The van der Waals surface area contributed by atoms with Crippen LogP contribution in [0.2, 0.25) is 0 Å². The zero-order chi connectivity index (χ0) is 21.0. The number of hydrogen-bond donors (Lipinski definition) is 0. The van der Waals surface area contributed by atoms with Crippen molar-refractivity contribution >= 4 is 11.8 Å². The number of aryl methyl sites for hydroxylation is 2. The molecule has 9 heteroatoms. The summed E-state index contributed by atoms with van der Waals surface area (Å²) in [6, 6.07) is 13.3. The topological polar surface area (TPSA) is 92.3 Å². The smallest absolute Gasteiger partial charge is 0.220 e. The monoisotopic (exact) mass is 414 g/mol. The van der Waals surface area contributed by atoms with Gasteiger partial charge >= 0.3 is 0 Å². The number of ether oxygens (including phenoxy) is 2. The SMILES string of the molecule is COc1ccc([C@@H](C[N+](=O)[O-])Sc2nnc(C)n2-c2ccc(C)cc2)cc1OC.